The zero-order chi connectivity index (χ0) is 25.9. The number of alkyl halides is 3. The normalized spacial score (nSPS) is 15.4. The van der Waals surface area contributed by atoms with Crippen molar-refractivity contribution in [3.05, 3.63) is 78.0 Å². The van der Waals surface area contributed by atoms with E-state index in [2.05, 4.69) is 15.6 Å². The topological polar surface area (TPSA) is 112 Å². The van der Waals surface area contributed by atoms with Gasteiger partial charge in [0, 0.05) is 17.8 Å². The van der Waals surface area contributed by atoms with Crippen LogP contribution in [-0.2, 0) is 11.0 Å². The molecular formula is C25H21F3N4O4. The van der Waals surface area contributed by atoms with Crippen LogP contribution >= 0.6 is 0 Å². The standard InChI is InChI=1S/C25H21F3N4O4/c26-25(27,28)17-7-9-18(10-8-17)31-24(36)32-13-1-2-21(32)22(33)30-19-11-12-20(29-14-19)15-3-5-16(6-4-15)23(34)35/h3-12,14,21H,1-2,13H2,(H,30,33)(H,31,36)(H,34,35). The fourth-order valence-corrected chi connectivity index (χ4v) is 3.87. The van der Waals surface area contributed by atoms with E-state index < -0.39 is 35.7 Å². The number of anilines is 2. The lowest BCUT2D eigenvalue weighted by Crippen LogP contribution is -2.45. The van der Waals surface area contributed by atoms with Gasteiger partial charge >= 0.3 is 18.2 Å². The highest BCUT2D eigenvalue weighted by atomic mass is 19.4. The summed E-state index contributed by atoms with van der Waals surface area (Å²) in [5.74, 6) is -1.43. The molecule has 1 atom stereocenters. The molecule has 0 bridgehead atoms. The average molecular weight is 498 g/mol. The molecule has 0 spiro atoms. The van der Waals surface area contributed by atoms with Crippen molar-refractivity contribution in [3.8, 4) is 11.3 Å². The minimum absolute atomic E-state index is 0.158. The van der Waals surface area contributed by atoms with Gasteiger partial charge in [0.2, 0.25) is 5.91 Å². The van der Waals surface area contributed by atoms with Gasteiger partial charge in [-0.1, -0.05) is 12.1 Å². The van der Waals surface area contributed by atoms with E-state index in [1.807, 2.05) is 0 Å². The van der Waals surface area contributed by atoms with E-state index in [9.17, 15) is 27.6 Å². The zero-order valence-corrected chi connectivity index (χ0v) is 18.7. The summed E-state index contributed by atoms with van der Waals surface area (Å²) in [5.41, 5.74) is 1.24. The van der Waals surface area contributed by atoms with Crippen LogP contribution in [0.1, 0.15) is 28.8 Å². The third kappa shape index (κ3) is 5.62. The number of carboxylic acid groups (broad SMARTS) is 1. The highest BCUT2D eigenvalue weighted by Crippen LogP contribution is 2.30. The maximum atomic E-state index is 12.9. The maximum Gasteiger partial charge on any atom is 0.416 e. The molecule has 1 aliphatic rings. The lowest BCUT2D eigenvalue weighted by molar-refractivity contribution is -0.137. The number of aromatic nitrogens is 1. The lowest BCUT2D eigenvalue weighted by Gasteiger charge is -2.24. The smallest absolute Gasteiger partial charge is 0.416 e. The third-order valence-electron chi connectivity index (χ3n) is 5.74. The van der Waals surface area contributed by atoms with Crippen molar-refractivity contribution in [2.75, 3.05) is 17.2 Å². The number of benzene rings is 2. The maximum absolute atomic E-state index is 12.9. The summed E-state index contributed by atoms with van der Waals surface area (Å²) in [6.07, 6.45) is -1.98. The largest absolute Gasteiger partial charge is 0.478 e. The number of nitrogens with one attached hydrogen (secondary N) is 2. The predicted octanol–water partition coefficient (Wildman–Crippen LogP) is 5.10. The van der Waals surface area contributed by atoms with Crippen LogP contribution in [0.15, 0.2) is 66.9 Å². The Morgan fingerprint density at radius 1 is 0.917 bits per heavy atom. The van der Waals surface area contributed by atoms with Gasteiger partial charge in [0.05, 0.1) is 28.7 Å². The fraction of sp³-hybridized carbons (Fsp3) is 0.200. The van der Waals surface area contributed by atoms with Gasteiger partial charge in [0.1, 0.15) is 6.04 Å². The van der Waals surface area contributed by atoms with E-state index in [1.54, 1.807) is 24.3 Å². The molecule has 11 heteroatoms. The molecule has 2 aromatic carbocycles. The molecule has 36 heavy (non-hydrogen) atoms. The van der Waals surface area contributed by atoms with Gasteiger partial charge in [0.15, 0.2) is 0 Å². The van der Waals surface area contributed by atoms with E-state index in [4.69, 9.17) is 5.11 Å². The Bertz CT molecular complexity index is 1260. The van der Waals surface area contributed by atoms with Crippen LogP contribution in [0.2, 0.25) is 0 Å². The molecule has 1 unspecified atom stereocenters. The van der Waals surface area contributed by atoms with Crippen molar-refractivity contribution in [1.29, 1.82) is 0 Å². The summed E-state index contributed by atoms with van der Waals surface area (Å²) in [5, 5.41) is 14.3. The minimum atomic E-state index is -4.47. The predicted molar refractivity (Wildman–Crippen MR) is 125 cm³/mol. The van der Waals surface area contributed by atoms with Gasteiger partial charge in [-0.3, -0.25) is 9.78 Å². The Kier molecular flexibility index (Phi) is 6.91. The van der Waals surface area contributed by atoms with E-state index in [0.717, 1.165) is 24.3 Å². The van der Waals surface area contributed by atoms with Crippen LogP contribution in [0.5, 0.6) is 0 Å². The number of rotatable bonds is 5. The highest BCUT2D eigenvalue weighted by Gasteiger charge is 2.34. The van der Waals surface area contributed by atoms with E-state index in [0.29, 0.717) is 36.3 Å². The molecule has 1 fully saturated rings. The molecule has 2 heterocycles. The van der Waals surface area contributed by atoms with Crippen molar-refractivity contribution in [2.45, 2.75) is 25.1 Å². The van der Waals surface area contributed by atoms with E-state index >= 15 is 0 Å². The molecule has 1 aromatic heterocycles. The second-order valence-corrected chi connectivity index (χ2v) is 8.16. The number of hydrogen-bond donors (Lipinski definition) is 3. The summed E-state index contributed by atoms with van der Waals surface area (Å²) in [4.78, 5) is 42.2. The van der Waals surface area contributed by atoms with Crippen LogP contribution in [0, 0.1) is 0 Å². The Morgan fingerprint density at radius 3 is 2.17 bits per heavy atom. The van der Waals surface area contributed by atoms with Crippen LogP contribution in [-0.4, -0.2) is 45.5 Å². The van der Waals surface area contributed by atoms with Crippen molar-refractivity contribution in [1.82, 2.24) is 9.88 Å². The van der Waals surface area contributed by atoms with E-state index in [1.165, 1.54) is 23.2 Å². The number of urea groups is 1. The zero-order valence-electron chi connectivity index (χ0n) is 18.7. The molecule has 0 aliphatic carbocycles. The highest BCUT2D eigenvalue weighted by molar-refractivity contribution is 5.99. The second-order valence-electron chi connectivity index (χ2n) is 8.16. The summed E-state index contributed by atoms with van der Waals surface area (Å²) in [7, 11) is 0. The molecule has 3 N–H and O–H groups in total. The van der Waals surface area contributed by atoms with Gasteiger partial charge in [-0.25, -0.2) is 9.59 Å². The monoisotopic (exact) mass is 498 g/mol. The Morgan fingerprint density at radius 2 is 1.58 bits per heavy atom. The van der Waals surface area contributed by atoms with Crippen molar-refractivity contribution >= 4 is 29.3 Å². The Balaban J connectivity index is 1.37. The molecule has 3 aromatic rings. The van der Waals surface area contributed by atoms with Crippen molar-refractivity contribution in [3.63, 3.8) is 0 Å². The van der Waals surface area contributed by atoms with Crippen LogP contribution < -0.4 is 10.6 Å². The average Bonchev–Trinajstić information content (AvgIpc) is 3.35. The number of carbonyl (C=O) groups excluding carboxylic acids is 2. The molecular weight excluding hydrogens is 477 g/mol. The first-order valence-electron chi connectivity index (χ1n) is 11.0. The summed E-state index contributed by atoms with van der Waals surface area (Å²) >= 11 is 0. The summed E-state index contributed by atoms with van der Waals surface area (Å²) in [6, 6.07) is 12.3. The van der Waals surface area contributed by atoms with Gasteiger partial charge in [0.25, 0.3) is 0 Å². The number of carbonyl (C=O) groups is 3. The van der Waals surface area contributed by atoms with Gasteiger partial charge in [-0.2, -0.15) is 13.2 Å². The van der Waals surface area contributed by atoms with E-state index in [-0.39, 0.29) is 11.3 Å². The Labute approximate surface area is 203 Å². The third-order valence-corrected chi connectivity index (χ3v) is 5.74. The number of likely N-dealkylation sites (tertiary alicyclic amines) is 1. The Hall–Kier alpha value is -4.41. The van der Waals surface area contributed by atoms with Crippen molar-refractivity contribution < 1.29 is 32.7 Å². The number of pyridine rings is 1. The quantitative estimate of drug-likeness (QED) is 0.453. The molecule has 0 saturated carbocycles. The van der Waals surface area contributed by atoms with Crippen LogP contribution in [0.25, 0.3) is 11.3 Å². The number of nitrogens with zero attached hydrogens (tertiary/aromatic N) is 2. The summed E-state index contributed by atoms with van der Waals surface area (Å²) in [6.45, 7) is 0.327. The molecule has 1 saturated heterocycles. The number of amides is 3. The molecule has 0 radical (unpaired) electrons. The SMILES string of the molecule is O=C(O)c1ccc(-c2ccc(NC(=O)C3CCCN3C(=O)Nc3ccc(C(F)(F)F)cc3)cn2)cc1. The van der Waals surface area contributed by atoms with Gasteiger partial charge in [-0.05, 0) is 61.4 Å². The fourth-order valence-electron chi connectivity index (χ4n) is 3.87. The first kappa shape index (κ1) is 24.7. The summed E-state index contributed by atoms with van der Waals surface area (Å²) < 4.78 is 38.2. The molecule has 1 aliphatic heterocycles. The molecule has 3 amide bonds. The molecule has 4 rings (SSSR count). The minimum Gasteiger partial charge on any atom is -0.478 e. The van der Waals surface area contributed by atoms with Crippen molar-refractivity contribution in [2.24, 2.45) is 0 Å². The van der Waals surface area contributed by atoms with Gasteiger partial charge < -0.3 is 20.6 Å². The number of halogens is 3. The number of carboxylic acids is 1. The molecule has 186 valence electrons. The van der Waals surface area contributed by atoms with Gasteiger partial charge in [-0.15, -0.1) is 0 Å². The number of hydrogen-bond acceptors (Lipinski definition) is 4. The lowest BCUT2D eigenvalue weighted by atomic mass is 10.1. The molecule has 8 nitrogen and oxygen atoms in total. The first-order chi connectivity index (χ1) is 17.1. The van der Waals surface area contributed by atoms with Crippen LogP contribution in [0.4, 0.5) is 29.3 Å². The second kappa shape index (κ2) is 10.1. The number of aromatic carboxylic acids is 1. The van der Waals surface area contributed by atoms with Crippen LogP contribution in [0.3, 0.4) is 0 Å². The first-order valence-corrected chi connectivity index (χ1v) is 11.0.